The number of aromatic nitrogens is 1. The summed E-state index contributed by atoms with van der Waals surface area (Å²) in [6, 6.07) is 9.22. The summed E-state index contributed by atoms with van der Waals surface area (Å²) >= 11 is 1.41. The molecule has 1 aromatic heterocycles. The number of anilines is 2. The minimum atomic E-state index is -0.0381. The number of rotatable bonds is 3. The Bertz CT molecular complexity index is 603. The van der Waals surface area contributed by atoms with Crippen LogP contribution in [0.4, 0.5) is 10.9 Å². The van der Waals surface area contributed by atoms with E-state index in [-0.39, 0.29) is 5.78 Å². The van der Waals surface area contributed by atoms with Crippen molar-refractivity contribution in [1.82, 2.24) is 4.98 Å². The molecule has 0 bridgehead atoms. The van der Waals surface area contributed by atoms with Crippen molar-refractivity contribution in [1.29, 1.82) is 0 Å². The zero-order valence-electron chi connectivity index (χ0n) is 11.2. The monoisotopic (exact) mass is 287 g/mol. The summed E-state index contributed by atoms with van der Waals surface area (Å²) in [6.07, 6.45) is 3.63. The van der Waals surface area contributed by atoms with Crippen LogP contribution in [0.25, 0.3) is 0 Å². The topological polar surface area (TPSA) is 59.2 Å². The van der Waals surface area contributed by atoms with E-state index in [2.05, 4.69) is 9.88 Å². The maximum absolute atomic E-state index is 12.4. The van der Waals surface area contributed by atoms with E-state index in [1.165, 1.54) is 30.6 Å². The number of carbonyl (C=O) groups excluding carboxylic acids is 1. The lowest BCUT2D eigenvalue weighted by Gasteiger charge is -2.25. The minimum absolute atomic E-state index is 0.0381. The van der Waals surface area contributed by atoms with Crippen LogP contribution in [0, 0.1) is 0 Å². The van der Waals surface area contributed by atoms with E-state index in [1.54, 1.807) is 0 Å². The van der Waals surface area contributed by atoms with E-state index in [4.69, 9.17) is 5.73 Å². The first-order valence-corrected chi connectivity index (χ1v) is 7.68. The number of ketones is 1. The number of hydrogen-bond donors (Lipinski definition) is 1. The molecule has 2 N–H and O–H groups in total. The molecule has 20 heavy (non-hydrogen) atoms. The van der Waals surface area contributed by atoms with Gasteiger partial charge in [0.1, 0.15) is 10.7 Å². The van der Waals surface area contributed by atoms with Crippen molar-refractivity contribution in [3.63, 3.8) is 0 Å². The quantitative estimate of drug-likeness (QED) is 0.882. The fourth-order valence-electron chi connectivity index (χ4n) is 2.42. The molecule has 0 radical (unpaired) electrons. The molecule has 104 valence electrons. The number of hydrogen-bond acceptors (Lipinski definition) is 5. The third kappa shape index (κ3) is 2.54. The van der Waals surface area contributed by atoms with E-state index in [0.717, 1.165) is 18.2 Å². The molecule has 1 aromatic carbocycles. The van der Waals surface area contributed by atoms with Gasteiger partial charge in [-0.15, -0.1) is 0 Å². The van der Waals surface area contributed by atoms with Crippen LogP contribution in [-0.4, -0.2) is 23.9 Å². The summed E-state index contributed by atoms with van der Waals surface area (Å²) < 4.78 is 0. The van der Waals surface area contributed by atoms with E-state index in [9.17, 15) is 4.79 Å². The maximum Gasteiger partial charge on any atom is 0.206 e. The third-order valence-electron chi connectivity index (χ3n) is 3.51. The SMILES string of the molecule is Nc1nc(N2CCCCC2)sc1C(=O)c1ccccc1. The van der Waals surface area contributed by atoms with Crippen LogP contribution in [-0.2, 0) is 0 Å². The lowest BCUT2D eigenvalue weighted by molar-refractivity contribution is 0.104. The molecule has 0 amide bonds. The molecule has 5 heteroatoms. The Labute approximate surface area is 122 Å². The number of thiazole rings is 1. The molecular weight excluding hydrogens is 270 g/mol. The molecule has 0 unspecified atom stereocenters. The molecule has 2 aromatic rings. The Balaban J connectivity index is 1.87. The number of nitrogens with zero attached hydrogens (tertiary/aromatic N) is 2. The zero-order valence-corrected chi connectivity index (χ0v) is 12.0. The van der Waals surface area contributed by atoms with Crippen LogP contribution in [0.5, 0.6) is 0 Å². The Morgan fingerprint density at radius 2 is 1.85 bits per heavy atom. The number of nitrogens with two attached hydrogens (primary N) is 1. The van der Waals surface area contributed by atoms with Gasteiger partial charge < -0.3 is 10.6 Å². The Hall–Kier alpha value is -1.88. The first-order valence-electron chi connectivity index (χ1n) is 6.87. The van der Waals surface area contributed by atoms with Gasteiger partial charge in [-0.1, -0.05) is 41.7 Å². The van der Waals surface area contributed by atoms with Gasteiger partial charge in [0.25, 0.3) is 0 Å². The van der Waals surface area contributed by atoms with Crippen LogP contribution in [0.2, 0.25) is 0 Å². The molecule has 1 fully saturated rings. The highest BCUT2D eigenvalue weighted by Gasteiger charge is 2.21. The highest BCUT2D eigenvalue weighted by molar-refractivity contribution is 7.18. The first-order chi connectivity index (χ1) is 9.75. The lowest BCUT2D eigenvalue weighted by Crippen LogP contribution is -2.29. The summed E-state index contributed by atoms with van der Waals surface area (Å²) in [5, 5.41) is 0.876. The van der Waals surface area contributed by atoms with E-state index in [1.807, 2.05) is 30.3 Å². The van der Waals surface area contributed by atoms with Crippen LogP contribution < -0.4 is 10.6 Å². The summed E-state index contributed by atoms with van der Waals surface area (Å²) in [4.78, 5) is 19.6. The molecule has 4 nitrogen and oxygen atoms in total. The smallest absolute Gasteiger partial charge is 0.206 e. The van der Waals surface area contributed by atoms with Crippen molar-refractivity contribution in [2.75, 3.05) is 23.7 Å². The van der Waals surface area contributed by atoms with Crippen molar-refractivity contribution in [2.24, 2.45) is 0 Å². The standard InChI is InChI=1S/C15H17N3OS/c16-14-13(12(19)11-7-3-1-4-8-11)20-15(17-14)18-9-5-2-6-10-18/h1,3-4,7-8H,2,5-6,9-10,16H2. The highest BCUT2D eigenvalue weighted by atomic mass is 32.1. The van der Waals surface area contributed by atoms with Gasteiger partial charge in [-0.05, 0) is 19.3 Å². The third-order valence-corrected chi connectivity index (χ3v) is 4.64. The number of carbonyl (C=O) groups is 1. The van der Waals surface area contributed by atoms with Gasteiger partial charge in [0, 0.05) is 18.7 Å². The fraction of sp³-hybridized carbons (Fsp3) is 0.333. The molecule has 0 saturated carbocycles. The maximum atomic E-state index is 12.4. The second kappa shape index (κ2) is 5.63. The first kappa shape index (κ1) is 13.1. The average Bonchev–Trinajstić information content (AvgIpc) is 2.90. The largest absolute Gasteiger partial charge is 0.382 e. The van der Waals surface area contributed by atoms with Crippen molar-refractivity contribution < 1.29 is 4.79 Å². The molecule has 0 atom stereocenters. The van der Waals surface area contributed by atoms with Crippen molar-refractivity contribution in [2.45, 2.75) is 19.3 Å². The second-order valence-electron chi connectivity index (χ2n) is 4.95. The van der Waals surface area contributed by atoms with Gasteiger partial charge in [-0.25, -0.2) is 4.98 Å². The van der Waals surface area contributed by atoms with Crippen LogP contribution in [0.3, 0.4) is 0 Å². The number of nitrogen functional groups attached to an aromatic ring is 1. The van der Waals surface area contributed by atoms with Gasteiger partial charge in [-0.3, -0.25) is 4.79 Å². The predicted molar refractivity (Wildman–Crippen MR) is 82.5 cm³/mol. The summed E-state index contributed by atoms with van der Waals surface area (Å²) in [7, 11) is 0. The molecule has 0 aliphatic carbocycles. The van der Waals surface area contributed by atoms with Crippen LogP contribution in [0.15, 0.2) is 30.3 Å². The van der Waals surface area contributed by atoms with E-state index >= 15 is 0 Å². The molecule has 2 heterocycles. The van der Waals surface area contributed by atoms with Crippen LogP contribution >= 0.6 is 11.3 Å². The fourth-order valence-corrected chi connectivity index (χ4v) is 3.42. The van der Waals surface area contributed by atoms with Crippen molar-refractivity contribution in [3.05, 3.63) is 40.8 Å². The normalized spacial score (nSPS) is 15.3. The van der Waals surface area contributed by atoms with Gasteiger partial charge in [0.05, 0.1) is 0 Å². The molecule has 1 aliphatic heterocycles. The lowest BCUT2D eigenvalue weighted by atomic mass is 10.1. The van der Waals surface area contributed by atoms with Crippen molar-refractivity contribution >= 4 is 28.1 Å². The summed E-state index contributed by atoms with van der Waals surface area (Å²) in [6.45, 7) is 2.01. The second-order valence-corrected chi connectivity index (χ2v) is 5.93. The van der Waals surface area contributed by atoms with E-state index < -0.39 is 0 Å². The Morgan fingerprint density at radius 3 is 2.55 bits per heavy atom. The molecular formula is C15H17N3OS. The van der Waals surface area contributed by atoms with Gasteiger partial charge in [0.2, 0.25) is 5.78 Å². The average molecular weight is 287 g/mol. The molecule has 0 spiro atoms. The van der Waals surface area contributed by atoms with Crippen LogP contribution in [0.1, 0.15) is 34.5 Å². The zero-order chi connectivity index (χ0) is 13.9. The highest BCUT2D eigenvalue weighted by Crippen LogP contribution is 2.31. The summed E-state index contributed by atoms with van der Waals surface area (Å²) in [5.74, 6) is 0.313. The number of benzene rings is 1. The molecule has 1 aliphatic rings. The predicted octanol–water partition coefficient (Wildman–Crippen LogP) is 2.95. The van der Waals surface area contributed by atoms with Gasteiger partial charge in [-0.2, -0.15) is 0 Å². The van der Waals surface area contributed by atoms with Gasteiger partial charge in [0.15, 0.2) is 5.13 Å². The van der Waals surface area contributed by atoms with E-state index in [0.29, 0.717) is 16.3 Å². The molecule has 1 saturated heterocycles. The van der Waals surface area contributed by atoms with Crippen molar-refractivity contribution in [3.8, 4) is 0 Å². The molecule has 3 rings (SSSR count). The Morgan fingerprint density at radius 1 is 1.15 bits per heavy atom. The Kier molecular flexibility index (Phi) is 3.69. The minimum Gasteiger partial charge on any atom is -0.382 e. The number of piperidine rings is 1. The summed E-state index contributed by atoms with van der Waals surface area (Å²) in [5.41, 5.74) is 6.60. The van der Waals surface area contributed by atoms with Gasteiger partial charge >= 0.3 is 0 Å².